The van der Waals surface area contributed by atoms with Gasteiger partial charge in [0.15, 0.2) is 0 Å². The molecule has 0 saturated carbocycles. The quantitative estimate of drug-likeness (QED) is 0.488. The lowest BCUT2D eigenvalue weighted by Crippen LogP contribution is -2.31. The van der Waals surface area contributed by atoms with E-state index in [-0.39, 0.29) is 5.91 Å². The number of nitrogens with one attached hydrogen (secondary N) is 3. The van der Waals surface area contributed by atoms with Crippen LogP contribution in [-0.4, -0.2) is 38.6 Å². The minimum atomic E-state index is 0.134. The highest BCUT2D eigenvalue weighted by Gasteiger charge is 2.00. The fraction of sp³-hybridized carbons (Fsp3) is 0.900. The van der Waals surface area contributed by atoms with Crippen molar-refractivity contribution in [2.24, 2.45) is 0 Å². The summed E-state index contributed by atoms with van der Waals surface area (Å²) in [4.78, 5) is 11.2. The van der Waals surface area contributed by atoms with Gasteiger partial charge in [-0.1, -0.05) is 13.8 Å². The zero-order valence-corrected chi connectivity index (χ0v) is 9.52. The van der Waals surface area contributed by atoms with Crippen LogP contribution in [0.15, 0.2) is 0 Å². The Labute approximate surface area is 86.8 Å². The van der Waals surface area contributed by atoms with Crippen molar-refractivity contribution in [3.05, 3.63) is 0 Å². The first kappa shape index (κ1) is 13.4. The van der Waals surface area contributed by atoms with Crippen LogP contribution in [0.4, 0.5) is 0 Å². The summed E-state index contributed by atoms with van der Waals surface area (Å²) < 4.78 is 0. The molecule has 0 aliphatic rings. The fourth-order valence-electron chi connectivity index (χ4n) is 1.06. The highest BCUT2D eigenvalue weighted by molar-refractivity contribution is 5.75. The average molecular weight is 201 g/mol. The first-order chi connectivity index (χ1) is 6.66. The summed E-state index contributed by atoms with van der Waals surface area (Å²) in [5.74, 6) is 0.134. The van der Waals surface area contributed by atoms with Crippen LogP contribution in [0.3, 0.4) is 0 Å². The van der Waals surface area contributed by atoms with Crippen LogP contribution in [0.1, 0.15) is 26.7 Å². The fourth-order valence-corrected chi connectivity index (χ4v) is 1.06. The molecule has 0 saturated heterocycles. The lowest BCUT2D eigenvalue weighted by Gasteiger charge is -2.08. The van der Waals surface area contributed by atoms with Crippen molar-refractivity contribution in [1.29, 1.82) is 0 Å². The van der Waals surface area contributed by atoms with Gasteiger partial charge >= 0.3 is 0 Å². The van der Waals surface area contributed by atoms with Crippen molar-refractivity contribution in [2.45, 2.75) is 32.7 Å². The second-order valence-electron chi connectivity index (χ2n) is 3.67. The lowest BCUT2D eigenvalue weighted by atomic mass is 10.3. The van der Waals surface area contributed by atoms with E-state index in [1.54, 1.807) is 0 Å². The average Bonchev–Trinajstić information content (AvgIpc) is 2.12. The molecule has 0 rings (SSSR count). The van der Waals surface area contributed by atoms with E-state index in [1.165, 1.54) is 0 Å². The summed E-state index contributed by atoms with van der Waals surface area (Å²) in [6.07, 6.45) is 1.55. The maximum absolute atomic E-state index is 11.2. The van der Waals surface area contributed by atoms with Crippen molar-refractivity contribution in [3.63, 3.8) is 0 Å². The van der Waals surface area contributed by atoms with E-state index in [0.717, 1.165) is 26.1 Å². The highest BCUT2D eigenvalue weighted by atomic mass is 16.1. The SMILES string of the molecule is CNCCCNC(=O)CCNC(C)C. The van der Waals surface area contributed by atoms with E-state index in [1.807, 2.05) is 7.05 Å². The van der Waals surface area contributed by atoms with E-state index in [4.69, 9.17) is 0 Å². The minimum absolute atomic E-state index is 0.134. The van der Waals surface area contributed by atoms with Gasteiger partial charge in [0.05, 0.1) is 0 Å². The van der Waals surface area contributed by atoms with Crippen molar-refractivity contribution < 1.29 is 4.79 Å². The van der Waals surface area contributed by atoms with E-state index in [9.17, 15) is 4.79 Å². The van der Waals surface area contributed by atoms with Crippen LogP contribution < -0.4 is 16.0 Å². The number of carbonyl (C=O) groups excluding carboxylic acids is 1. The molecule has 4 nitrogen and oxygen atoms in total. The molecule has 0 aromatic carbocycles. The van der Waals surface area contributed by atoms with Crippen molar-refractivity contribution in [2.75, 3.05) is 26.7 Å². The standard InChI is InChI=1S/C10H23N3O/c1-9(2)12-8-5-10(14)13-7-4-6-11-3/h9,11-12H,4-8H2,1-3H3,(H,13,14). The molecule has 0 heterocycles. The predicted molar refractivity (Wildman–Crippen MR) is 59.3 cm³/mol. The largest absolute Gasteiger partial charge is 0.356 e. The molecule has 0 unspecified atom stereocenters. The molecule has 0 atom stereocenters. The van der Waals surface area contributed by atoms with Gasteiger partial charge in [0, 0.05) is 25.6 Å². The second-order valence-corrected chi connectivity index (χ2v) is 3.67. The molecule has 84 valence electrons. The number of hydrogen-bond donors (Lipinski definition) is 3. The Morgan fingerprint density at radius 1 is 1.21 bits per heavy atom. The molecule has 1 amide bonds. The van der Waals surface area contributed by atoms with Crippen molar-refractivity contribution in [3.8, 4) is 0 Å². The van der Waals surface area contributed by atoms with Gasteiger partial charge in [-0.2, -0.15) is 0 Å². The Kier molecular flexibility index (Phi) is 8.57. The third-order valence-electron chi connectivity index (χ3n) is 1.83. The maximum Gasteiger partial charge on any atom is 0.221 e. The highest BCUT2D eigenvalue weighted by Crippen LogP contribution is 1.82. The van der Waals surface area contributed by atoms with Gasteiger partial charge < -0.3 is 16.0 Å². The predicted octanol–water partition coefficient (Wildman–Crippen LogP) is 0.100. The van der Waals surface area contributed by atoms with E-state index in [0.29, 0.717) is 12.5 Å². The molecule has 4 heteroatoms. The number of hydrogen-bond acceptors (Lipinski definition) is 3. The van der Waals surface area contributed by atoms with Crippen molar-refractivity contribution in [1.82, 2.24) is 16.0 Å². The molecule has 0 aliphatic heterocycles. The molecule has 0 aromatic heterocycles. The molecule has 0 spiro atoms. The van der Waals surface area contributed by atoms with E-state index in [2.05, 4.69) is 29.8 Å². The van der Waals surface area contributed by atoms with Gasteiger partial charge in [0.25, 0.3) is 0 Å². The molecule has 0 fully saturated rings. The van der Waals surface area contributed by atoms with Gasteiger partial charge in [0.2, 0.25) is 5.91 Å². The van der Waals surface area contributed by atoms with Crippen LogP contribution in [0.2, 0.25) is 0 Å². The van der Waals surface area contributed by atoms with Crippen LogP contribution in [0.5, 0.6) is 0 Å². The van der Waals surface area contributed by atoms with Crippen LogP contribution >= 0.6 is 0 Å². The summed E-state index contributed by atoms with van der Waals surface area (Å²) in [5.41, 5.74) is 0. The Hall–Kier alpha value is -0.610. The summed E-state index contributed by atoms with van der Waals surface area (Å²) >= 11 is 0. The molecule has 0 radical (unpaired) electrons. The van der Waals surface area contributed by atoms with Gasteiger partial charge in [0.1, 0.15) is 0 Å². The third-order valence-corrected chi connectivity index (χ3v) is 1.83. The van der Waals surface area contributed by atoms with Gasteiger partial charge in [-0.25, -0.2) is 0 Å². The van der Waals surface area contributed by atoms with E-state index < -0.39 is 0 Å². The van der Waals surface area contributed by atoms with Crippen LogP contribution in [-0.2, 0) is 4.79 Å². The number of amides is 1. The smallest absolute Gasteiger partial charge is 0.221 e. The Morgan fingerprint density at radius 3 is 2.50 bits per heavy atom. The molecular weight excluding hydrogens is 178 g/mol. The minimum Gasteiger partial charge on any atom is -0.356 e. The first-order valence-corrected chi connectivity index (χ1v) is 5.31. The lowest BCUT2D eigenvalue weighted by molar-refractivity contribution is -0.121. The maximum atomic E-state index is 11.2. The zero-order valence-electron chi connectivity index (χ0n) is 9.52. The Bertz CT molecular complexity index is 148. The second kappa shape index (κ2) is 8.97. The monoisotopic (exact) mass is 201 g/mol. The Balaban J connectivity index is 3.20. The summed E-state index contributed by atoms with van der Waals surface area (Å²) in [6.45, 7) is 6.62. The molecule has 14 heavy (non-hydrogen) atoms. The van der Waals surface area contributed by atoms with Gasteiger partial charge in [-0.3, -0.25) is 4.79 Å². The first-order valence-electron chi connectivity index (χ1n) is 5.31. The Morgan fingerprint density at radius 2 is 1.93 bits per heavy atom. The molecule has 0 aliphatic carbocycles. The normalized spacial score (nSPS) is 10.6. The van der Waals surface area contributed by atoms with Gasteiger partial charge in [-0.05, 0) is 20.0 Å². The van der Waals surface area contributed by atoms with Crippen LogP contribution in [0.25, 0.3) is 0 Å². The molecular formula is C10H23N3O. The van der Waals surface area contributed by atoms with Crippen molar-refractivity contribution >= 4 is 5.91 Å². The number of carbonyl (C=O) groups is 1. The summed E-state index contributed by atoms with van der Waals surface area (Å²) in [6, 6.07) is 0.451. The molecule has 0 aromatic rings. The number of rotatable bonds is 8. The molecule has 0 bridgehead atoms. The zero-order chi connectivity index (χ0) is 10.8. The molecule has 3 N–H and O–H groups in total. The topological polar surface area (TPSA) is 53.2 Å². The van der Waals surface area contributed by atoms with Gasteiger partial charge in [-0.15, -0.1) is 0 Å². The van der Waals surface area contributed by atoms with Crippen LogP contribution in [0, 0.1) is 0 Å². The third kappa shape index (κ3) is 9.48. The summed E-state index contributed by atoms with van der Waals surface area (Å²) in [7, 11) is 1.91. The van der Waals surface area contributed by atoms with E-state index >= 15 is 0 Å². The summed E-state index contributed by atoms with van der Waals surface area (Å²) in [5, 5.41) is 9.11.